The van der Waals surface area contributed by atoms with Crippen LogP contribution in [0.5, 0.6) is 0 Å². The number of carbonyl (C=O) groups is 2. The number of carboxylic acids is 1. The van der Waals surface area contributed by atoms with Crippen LogP contribution in [-0.4, -0.2) is 56.0 Å². The predicted molar refractivity (Wildman–Crippen MR) is 74.3 cm³/mol. The quantitative estimate of drug-likeness (QED) is 0.756. The summed E-state index contributed by atoms with van der Waals surface area (Å²) in [5.41, 5.74) is 5.91. The molecule has 21 heavy (non-hydrogen) atoms. The Kier molecular flexibility index (Phi) is 4.89. The minimum atomic E-state index is -1.08. The summed E-state index contributed by atoms with van der Waals surface area (Å²) in [5, 5.41) is 16.4. The molecule has 0 saturated carbocycles. The highest BCUT2D eigenvalue weighted by atomic mass is 16.4. The average molecular weight is 295 g/mol. The normalized spacial score (nSPS) is 17.7. The molecule has 1 saturated heterocycles. The number of hydrogen-bond acceptors (Lipinski definition) is 5. The van der Waals surface area contributed by atoms with Crippen molar-refractivity contribution in [3.05, 3.63) is 11.9 Å². The Hall–Kier alpha value is -1.96. The summed E-state index contributed by atoms with van der Waals surface area (Å²) in [6, 6.07) is -1.01. The van der Waals surface area contributed by atoms with Crippen LogP contribution in [0.2, 0.25) is 0 Å². The number of aliphatic carboxylic acids is 1. The van der Waals surface area contributed by atoms with Crippen LogP contribution >= 0.6 is 0 Å². The third kappa shape index (κ3) is 4.25. The molecule has 0 radical (unpaired) electrons. The van der Waals surface area contributed by atoms with E-state index in [1.165, 1.54) is 4.68 Å². The maximum absolute atomic E-state index is 12.1. The van der Waals surface area contributed by atoms with E-state index in [-0.39, 0.29) is 18.9 Å². The lowest BCUT2D eigenvalue weighted by Crippen LogP contribution is -2.39. The molecule has 1 aromatic heterocycles. The fraction of sp³-hybridized carbons (Fsp3) is 0.692. The molecule has 0 aliphatic carbocycles. The molecule has 116 valence electrons. The molecule has 1 aliphatic rings. The zero-order valence-electron chi connectivity index (χ0n) is 12.1. The summed E-state index contributed by atoms with van der Waals surface area (Å²) in [7, 11) is 0. The van der Waals surface area contributed by atoms with Crippen molar-refractivity contribution in [3.8, 4) is 0 Å². The van der Waals surface area contributed by atoms with E-state index in [0.29, 0.717) is 11.6 Å². The van der Waals surface area contributed by atoms with Gasteiger partial charge in [-0.25, -0.2) is 4.68 Å². The maximum atomic E-state index is 12.1. The molecular formula is C13H21N5O3. The molecule has 1 fully saturated rings. The highest BCUT2D eigenvalue weighted by molar-refractivity contribution is 5.76. The number of rotatable bonds is 5. The van der Waals surface area contributed by atoms with Gasteiger partial charge < -0.3 is 15.7 Å². The molecular weight excluding hydrogens is 274 g/mol. The third-order valence-corrected chi connectivity index (χ3v) is 3.77. The van der Waals surface area contributed by atoms with Crippen LogP contribution < -0.4 is 5.73 Å². The van der Waals surface area contributed by atoms with Gasteiger partial charge in [0.05, 0.1) is 5.69 Å². The first-order valence-electron chi connectivity index (χ1n) is 7.11. The Labute approximate surface area is 122 Å². The largest absolute Gasteiger partial charge is 0.480 e. The second-order valence-corrected chi connectivity index (χ2v) is 5.62. The number of nitrogens with zero attached hydrogens (tertiary/aromatic N) is 4. The van der Waals surface area contributed by atoms with Gasteiger partial charge in [-0.15, -0.1) is 5.10 Å². The van der Waals surface area contributed by atoms with Gasteiger partial charge in [0, 0.05) is 25.7 Å². The Balaban J connectivity index is 1.87. The number of likely N-dealkylation sites (tertiary alicyclic amines) is 1. The lowest BCUT2D eigenvalue weighted by atomic mass is 9.99. The topological polar surface area (TPSA) is 114 Å². The van der Waals surface area contributed by atoms with Gasteiger partial charge in [0.2, 0.25) is 5.91 Å². The molecule has 2 heterocycles. The maximum Gasteiger partial charge on any atom is 0.320 e. The van der Waals surface area contributed by atoms with Gasteiger partial charge in [-0.3, -0.25) is 9.59 Å². The smallest absolute Gasteiger partial charge is 0.320 e. The molecule has 2 rings (SSSR count). The molecule has 1 aliphatic heterocycles. The van der Waals surface area contributed by atoms with Crippen molar-refractivity contribution in [2.45, 2.75) is 38.8 Å². The molecule has 1 aromatic rings. The standard InChI is InChI=1S/C13H21N5O3/c1-9-2-4-17(5-3-9)12(19)8-18-7-10(15-16-18)6-11(14)13(20)21/h7,9,11H,2-6,8,14H2,1H3,(H,20,21). The number of carbonyl (C=O) groups excluding carboxylic acids is 1. The van der Waals surface area contributed by atoms with E-state index >= 15 is 0 Å². The highest BCUT2D eigenvalue weighted by Gasteiger charge is 2.21. The average Bonchev–Trinajstić information content (AvgIpc) is 2.86. The van der Waals surface area contributed by atoms with Crippen molar-refractivity contribution in [2.75, 3.05) is 13.1 Å². The molecule has 0 spiro atoms. The lowest BCUT2D eigenvalue weighted by molar-refractivity contribution is -0.138. The van der Waals surface area contributed by atoms with Crippen molar-refractivity contribution in [1.29, 1.82) is 0 Å². The number of piperidine rings is 1. The van der Waals surface area contributed by atoms with Gasteiger partial charge >= 0.3 is 5.97 Å². The Morgan fingerprint density at radius 2 is 2.14 bits per heavy atom. The summed E-state index contributed by atoms with van der Waals surface area (Å²) in [5.74, 6) is -0.395. The van der Waals surface area contributed by atoms with E-state index in [1.54, 1.807) is 6.20 Å². The molecule has 1 atom stereocenters. The van der Waals surface area contributed by atoms with Crippen LogP contribution in [-0.2, 0) is 22.6 Å². The molecule has 0 bridgehead atoms. The van der Waals surface area contributed by atoms with Crippen LogP contribution in [0.25, 0.3) is 0 Å². The summed E-state index contributed by atoms with van der Waals surface area (Å²) in [4.78, 5) is 24.7. The first-order valence-corrected chi connectivity index (χ1v) is 7.11. The summed E-state index contributed by atoms with van der Waals surface area (Å²) >= 11 is 0. The second-order valence-electron chi connectivity index (χ2n) is 5.62. The molecule has 0 aromatic carbocycles. The van der Waals surface area contributed by atoms with Crippen molar-refractivity contribution in [2.24, 2.45) is 11.7 Å². The van der Waals surface area contributed by atoms with Gasteiger partial charge in [0.1, 0.15) is 12.6 Å². The monoisotopic (exact) mass is 295 g/mol. The van der Waals surface area contributed by atoms with Gasteiger partial charge in [0.15, 0.2) is 0 Å². The van der Waals surface area contributed by atoms with E-state index in [0.717, 1.165) is 25.9 Å². The van der Waals surface area contributed by atoms with Crippen LogP contribution in [0.15, 0.2) is 6.20 Å². The summed E-state index contributed by atoms with van der Waals surface area (Å²) in [6.07, 6.45) is 3.74. The predicted octanol–water partition coefficient (Wildman–Crippen LogP) is -0.509. The minimum absolute atomic E-state index is 0.0147. The van der Waals surface area contributed by atoms with E-state index in [2.05, 4.69) is 17.2 Å². The number of nitrogens with two attached hydrogens (primary N) is 1. The van der Waals surface area contributed by atoms with Crippen molar-refractivity contribution >= 4 is 11.9 Å². The number of carboxylic acid groups (broad SMARTS) is 1. The van der Waals surface area contributed by atoms with Gasteiger partial charge in [-0.05, 0) is 18.8 Å². The zero-order chi connectivity index (χ0) is 15.4. The fourth-order valence-corrected chi connectivity index (χ4v) is 2.32. The number of hydrogen-bond donors (Lipinski definition) is 2. The number of amides is 1. The summed E-state index contributed by atoms with van der Waals surface area (Å²) in [6.45, 7) is 3.89. The van der Waals surface area contributed by atoms with E-state index < -0.39 is 12.0 Å². The Bertz CT molecular complexity index is 508. The number of aromatic nitrogens is 3. The van der Waals surface area contributed by atoms with Crippen molar-refractivity contribution in [3.63, 3.8) is 0 Å². The minimum Gasteiger partial charge on any atom is -0.480 e. The van der Waals surface area contributed by atoms with Crippen LogP contribution in [0.1, 0.15) is 25.5 Å². The van der Waals surface area contributed by atoms with Crippen molar-refractivity contribution in [1.82, 2.24) is 19.9 Å². The molecule has 8 heteroatoms. The zero-order valence-corrected chi connectivity index (χ0v) is 12.1. The molecule has 1 amide bonds. The SMILES string of the molecule is CC1CCN(C(=O)Cn2cc(CC(N)C(=O)O)nn2)CC1. The van der Waals surface area contributed by atoms with E-state index in [9.17, 15) is 9.59 Å². The summed E-state index contributed by atoms with van der Waals surface area (Å²) < 4.78 is 1.43. The van der Waals surface area contributed by atoms with Gasteiger partial charge in [-0.2, -0.15) is 0 Å². The van der Waals surface area contributed by atoms with Crippen LogP contribution in [0.4, 0.5) is 0 Å². The second kappa shape index (κ2) is 6.66. The first kappa shape index (κ1) is 15.4. The molecule has 3 N–H and O–H groups in total. The van der Waals surface area contributed by atoms with E-state index in [4.69, 9.17) is 10.8 Å². The lowest BCUT2D eigenvalue weighted by Gasteiger charge is -2.30. The van der Waals surface area contributed by atoms with Gasteiger partial charge in [-0.1, -0.05) is 12.1 Å². The fourth-order valence-electron chi connectivity index (χ4n) is 2.32. The van der Waals surface area contributed by atoms with Crippen molar-refractivity contribution < 1.29 is 14.7 Å². The Morgan fingerprint density at radius 1 is 1.48 bits per heavy atom. The highest BCUT2D eigenvalue weighted by Crippen LogP contribution is 2.16. The van der Waals surface area contributed by atoms with E-state index in [1.807, 2.05) is 4.90 Å². The van der Waals surface area contributed by atoms with Crippen LogP contribution in [0, 0.1) is 5.92 Å². The molecule has 8 nitrogen and oxygen atoms in total. The van der Waals surface area contributed by atoms with Crippen LogP contribution in [0.3, 0.4) is 0 Å². The molecule has 1 unspecified atom stereocenters. The van der Waals surface area contributed by atoms with Gasteiger partial charge in [0.25, 0.3) is 0 Å². The third-order valence-electron chi connectivity index (χ3n) is 3.77. The Morgan fingerprint density at radius 3 is 2.76 bits per heavy atom. The first-order chi connectivity index (χ1) is 9.95.